The van der Waals surface area contributed by atoms with Crippen LogP contribution in [0.3, 0.4) is 0 Å². The van der Waals surface area contributed by atoms with Gasteiger partial charge in [0.05, 0.1) is 0 Å². The minimum absolute atomic E-state index is 0.00223. The van der Waals surface area contributed by atoms with Crippen LogP contribution in [0.2, 0.25) is 0 Å². The van der Waals surface area contributed by atoms with Crippen LogP contribution in [0.25, 0.3) is 0 Å². The van der Waals surface area contributed by atoms with Gasteiger partial charge in [0.2, 0.25) is 5.91 Å². The van der Waals surface area contributed by atoms with E-state index in [4.69, 9.17) is 0 Å². The summed E-state index contributed by atoms with van der Waals surface area (Å²) in [5.74, 6) is -0.292. The zero-order valence-corrected chi connectivity index (χ0v) is 15.1. The van der Waals surface area contributed by atoms with Crippen molar-refractivity contribution >= 4 is 11.8 Å². The predicted molar refractivity (Wildman–Crippen MR) is 99.4 cm³/mol. The Kier molecular flexibility index (Phi) is 4.90. The number of halogens is 1. The third-order valence-electron chi connectivity index (χ3n) is 5.27. The maximum atomic E-state index is 13.0. The average Bonchev–Trinajstić information content (AvgIpc) is 3.00. The Hall–Kier alpha value is -2.73. The van der Waals surface area contributed by atoms with Gasteiger partial charge in [-0.1, -0.05) is 30.3 Å². The van der Waals surface area contributed by atoms with Crippen molar-refractivity contribution in [2.45, 2.75) is 13.1 Å². The van der Waals surface area contributed by atoms with Gasteiger partial charge in [-0.25, -0.2) is 4.39 Å². The van der Waals surface area contributed by atoms with Gasteiger partial charge >= 0.3 is 0 Å². The molecular formula is C21H22FN3O2. The monoisotopic (exact) mass is 366 g/mol. The van der Waals surface area contributed by atoms with E-state index in [0.717, 1.165) is 30.8 Å². The number of benzene rings is 2. The maximum absolute atomic E-state index is 13.0. The van der Waals surface area contributed by atoms with E-state index in [1.807, 2.05) is 29.2 Å². The lowest BCUT2D eigenvalue weighted by Crippen LogP contribution is -2.50. The smallest absolute Gasteiger partial charge is 0.254 e. The normalized spacial score (nSPS) is 17.3. The first-order valence-electron chi connectivity index (χ1n) is 9.22. The molecule has 4 rings (SSSR count). The van der Waals surface area contributed by atoms with E-state index in [1.54, 1.807) is 17.0 Å². The van der Waals surface area contributed by atoms with E-state index in [0.29, 0.717) is 25.2 Å². The molecule has 2 heterocycles. The molecule has 0 bridgehead atoms. The molecule has 2 aromatic carbocycles. The molecule has 2 aromatic rings. The Morgan fingerprint density at radius 3 is 2.37 bits per heavy atom. The number of hydrogen-bond donors (Lipinski definition) is 0. The van der Waals surface area contributed by atoms with Gasteiger partial charge < -0.3 is 9.80 Å². The number of amides is 2. The second kappa shape index (κ2) is 7.48. The lowest BCUT2D eigenvalue weighted by Gasteiger charge is -2.35. The van der Waals surface area contributed by atoms with Crippen LogP contribution in [-0.2, 0) is 17.9 Å². The Morgan fingerprint density at radius 2 is 1.67 bits per heavy atom. The SMILES string of the molecule is O=C(CN1Cc2ccccc2C1=O)N1CCN(Cc2ccc([18F])cc2)CC1. The molecule has 5 nitrogen and oxygen atoms in total. The highest BCUT2D eigenvalue weighted by molar-refractivity contribution is 6.00. The van der Waals surface area contributed by atoms with E-state index in [2.05, 4.69) is 4.90 Å². The van der Waals surface area contributed by atoms with Crippen LogP contribution >= 0.6 is 0 Å². The highest BCUT2D eigenvalue weighted by Gasteiger charge is 2.30. The first-order chi connectivity index (χ1) is 13.1. The van der Waals surface area contributed by atoms with Crippen molar-refractivity contribution in [2.75, 3.05) is 32.7 Å². The van der Waals surface area contributed by atoms with Crippen molar-refractivity contribution in [3.63, 3.8) is 0 Å². The van der Waals surface area contributed by atoms with E-state index >= 15 is 0 Å². The lowest BCUT2D eigenvalue weighted by atomic mass is 10.1. The summed E-state index contributed by atoms with van der Waals surface area (Å²) in [6, 6.07) is 14.1. The molecule has 0 N–H and O–H groups in total. The van der Waals surface area contributed by atoms with Gasteiger partial charge in [-0.3, -0.25) is 14.5 Å². The zero-order chi connectivity index (χ0) is 18.8. The molecule has 2 amide bonds. The minimum Gasteiger partial charge on any atom is -0.339 e. The molecule has 27 heavy (non-hydrogen) atoms. The minimum atomic E-state index is -0.229. The number of piperazine rings is 1. The summed E-state index contributed by atoms with van der Waals surface area (Å²) >= 11 is 0. The zero-order valence-electron chi connectivity index (χ0n) is 15.1. The second-order valence-corrected chi connectivity index (χ2v) is 7.10. The molecule has 0 saturated carbocycles. The van der Waals surface area contributed by atoms with Crippen molar-refractivity contribution in [1.82, 2.24) is 14.7 Å². The number of carbonyl (C=O) groups is 2. The first kappa shape index (κ1) is 17.7. The van der Waals surface area contributed by atoms with Crippen molar-refractivity contribution in [1.29, 1.82) is 0 Å². The third-order valence-corrected chi connectivity index (χ3v) is 5.27. The van der Waals surface area contributed by atoms with Crippen LogP contribution in [0.15, 0.2) is 48.5 Å². The van der Waals surface area contributed by atoms with Crippen LogP contribution in [0, 0.1) is 5.82 Å². The highest BCUT2D eigenvalue weighted by atomic mass is 18.2. The van der Waals surface area contributed by atoms with E-state index in [9.17, 15) is 14.0 Å². The van der Waals surface area contributed by atoms with Gasteiger partial charge in [-0.15, -0.1) is 0 Å². The first-order valence-corrected chi connectivity index (χ1v) is 9.22. The quantitative estimate of drug-likeness (QED) is 0.833. The van der Waals surface area contributed by atoms with Crippen molar-refractivity contribution in [3.05, 3.63) is 71.0 Å². The standard InChI is InChI=1S/C21H22FN3O2/c22-18-7-5-16(6-8-18)13-23-9-11-24(12-10-23)20(26)15-25-14-17-3-1-2-4-19(17)21(25)27/h1-8H,9-15H2/i22-1. The van der Waals surface area contributed by atoms with Crippen molar-refractivity contribution < 1.29 is 14.0 Å². The van der Waals surface area contributed by atoms with E-state index < -0.39 is 0 Å². The number of hydrogen-bond acceptors (Lipinski definition) is 3. The summed E-state index contributed by atoms with van der Waals surface area (Å²) < 4.78 is 13.0. The van der Waals surface area contributed by atoms with E-state index in [1.165, 1.54) is 12.1 Å². The average molecular weight is 366 g/mol. The lowest BCUT2D eigenvalue weighted by molar-refractivity contribution is -0.133. The fourth-order valence-corrected chi connectivity index (χ4v) is 3.71. The molecule has 0 aromatic heterocycles. The van der Waals surface area contributed by atoms with Gasteiger partial charge in [-0.05, 0) is 29.3 Å². The van der Waals surface area contributed by atoms with Gasteiger partial charge in [0.1, 0.15) is 12.4 Å². The molecule has 140 valence electrons. The molecule has 1 saturated heterocycles. The Balaban J connectivity index is 1.28. The van der Waals surface area contributed by atoms with Gasteiger partial charge in [0, 0.05) is 44.8 Å². The highest BCUT2D eigenvalue weighted by Crippen LogP contribution is 2.22. The topological polar surface area (TPSA) is 43.9 Å². The Morgan fingerprint density at radius 1 is 0.963 bits per heavy atom. The molecule has 0 atom stereocenters. The summed E-state index contributed by atoms with van der Waals surface area (Å²) in [6.07, 6.45) is 0. The molecule has 0 aliphatic carbocycles. The Labute approximate surface area is 158 Å². The molecule has 6 heteroatoms. The molecular weight excluding hydrogens is 344 g/mol. The summed E-state index contributed by atoms with van der Waals surface area (Å²) in [4.78, 5) is 30.8. The van der Waals surface area contributed by atoms with Crippen LogP contribution in [0.5, 0.6) is 0 Å². The number of carbonyl (C=O) groups excluding carboxylic acids is 2. The van der Waals surface area contributed by atoms with Crippen LogP contribution < -0.4 is 0 Å². The number of rotatable bonds is 4. The molecule has 1 fully saturated rings. The number of fused-ring (bicyclic) bond motifs is 1. The summed E-state index contributed by atoms with van der Waals surface area (Å²) in [6.45, 7) is 4.23. The predicted octanol–water partition coefficient (Wildman–Crippen LogP) is 2.13. The molecule has 2 aliphatic heterocycles. The molecule has 0 radical (unpaired) electrons. The fourth-order valence-electron chi connectivity index (χ4n) is 3.71. The third kappa shape index (κ3) is 3.85. The molecule has 2 aliphatic rings. The van der Waals surface area contributed by atoms with Gasteiger partial charge in [-0.2, -0.15) is 0 Å². The fraction of sp³-hybridized carbons (Fsp3) is 0.333. The molecule has 0 spiro atoms. The Bertz CT molecular complexity index is 845. The van der Waals surface area contributed by atoms with E-state index in [-0.39, 0.29) is 24.2 Å². The summed E-state index contributed by atoms with van der Waals surface area (Å²) in [5, 5.41) is 0. The van der Waals surface area contributed by atoms with Gasteiger partial charge in [0.25, 0.3) is 5.91 Å². The largest absolute Gasteiger partial charge is 0.339 e. The maximum Gasteiger partial charge on any atom is 0.254 e. The number of nitrogens with zero attached hydrogens (tertiary/aromatic N) is 3. The van der Waals surface area contributed by atoms with Crippen molar-refractivity contribution in [2.24, 2.45) is 0 Å². The van der Waals surface area contributed by atoms with Crippen LogP contribution in [0.4, 0.5) is 4.39 Å². The second-order valence-electron chi connectivity index (χ2n) is 7.10. The summed E-state index contributed by atoms with van der Waals surface area (Å²) in [5.41, 5.74) is 2.76. The summed E-state index contributed by atoms with van der Waals surface area (Å²) in [7, 11) is 0. The molecule has 0 unspecified atom stereocenters. The van der Waals surface area contributed by atoms with Crippen LogP contribution in [-0.4, -0.2) is 59.2 Å². The van der Waals surface area contributed by atoms with Gasteiger partial charge in [0.15, 0.2) is 0 Å². The van der Waals surface area contributed by atoms with Crippen LogP contribution in [0.1, 0.15) is 21.5 Å². The van der Waals surface area contributed by atoms with Crippen molar-refractivity contribution in [3.8, 4) is 0 Å².